The summed E-state index contributed by atoms with van der Waals surface area (Å²) in [7, 11) is 0. The third kappa shape index (κ3) is 3.95. The molecule has 0 fully saturated rings. The summed E-state index contributed by atoms with van der Waals surface area (Å²) in [5.41, 5.74) is 0.727. The SMILES string of the molecule is O=C(O)C(=O)Cc1ccccc1.[Zn]. The molecule has 4 heteroatoms. The van der Waals surface area contributed by atoms with Crippen molar-refractivity contribution >= 4 is 11.8 Å². The third-order valence-electron chi connectivity index (χ3n) is 1.45. The summed E-state index contributed by atoms with van der Waals surface area (Å²) in [5.74, 6) is -2.15. The Balaban J connectivity index is 0.00000144. The Bertz CT molecular complexity index is 295. The van der Waals surface area contributed by atoms with Crippen LogP contribution in [0.4, 0.5) is 0 Å². The topological polar surface area (TPSA) is 54.4 Å². The molecule has 0 saturated carbocycles. The number of carboxylic acid groups (broad SMARTS) is 1. The molecule has 1 aromatic rings. The molecule has 3 nitrogen and oxygen atoms in total. The van der Waals surface area contributed by atoms with Crippen LogP contribution in [0.25, 0.3) is 0 Å². The van der Waals surface area contributed by atoms with Crippen molar-refractivity contribution in [2.24, 2.45) is 0 Å². The Morgan fingerprint density at radius 1 is 1.15 bits per heavy atom. The van der Waals surface area contributed by atoms with E-state index in [2.05, 4.69) is 0 Å². The average molecular weight is 230 g/mol. The van der Waals surface area contributed by atoms with Crippen LogP contribution >= 0.6 is 0 Å². The van der Waals surface area contributed by atoms with Gasteiger partial charge in [0.2, 0.25) is 5.78 Å². The zero-order valence-corrected chi connectivity index (χ0v) is 10.0. The summed E-state index contributed by atoms with van der Waals surface area (Å²) >= 11 is 0. The minimum absolute atomic E-state index is 0. The van der Waals surface area contributed by atoms with Gasteiger partial charge in [0, 0.05) is 25.9 Å². The van der Waals surface area contributed by atoms with Crippen molar-refractivity contribution in [2.45, 2.75) is 6.42 Å². The van der Waals surface area contributed by atoms with Crippen LogP contribution in [0.5, 0.6) is 0 Å². The molecular weight excluding hydrogens is 221 g/mol. The van der Waals surface area contributed by atoms with Crippen molar-refractivity contribution in [2.75, 3.05) is 0 Å². The van der Waals surface area contributed by atoms with Gasteiger partial charge in [-0.25, -0.2) is 4.79 Å². The average Bonchev–Trinajstić information content (AvgIpc) is 2.06. The van der Waals surface area contributed by atoms with E-state index in [0.717, 1.165) is 5.56 Å². The quantitative estimate of drug-likeness (QED) is 0.618. The molecule has 1 rings (SSSR count). The van der Waals surface area contributed by atoms with E-state index in [0.29, 0.717) is 0 Å². The van der Waals surface area contributed by atoms with Gasteiger partial charge in [0.25, 0.3) is 0 Å². The van der Waals surface area contributed by atoms with E-state index >= 15 is 0 Å². The fraction of sp³-hybridized carbons (Fsp3) is 0.111. The zero-order chi connectivity index (χ0) is 8.97. The number of aliphatic carboxylic acids is 1. The molecule has 0 radical (unpaired) electrons. The van der Waals surface area contributed by atoms with Crippen molar-refractivity contribution < 1.29 is 34.2 Å². The van der Waals surface area contributed by atoms with Crippen LogP contribution in [0.2, 0.25) is 0 Å². The summed E-state index contributed by atoms with van der Waals surface area (Å²) in [6.45, 7) is 0. The van der Waals surface area contributed by atoms with Crippen LogP contribution in [-0.4, -0.2) is 16.9 Å². The predicted octanol–water partition coefficient (Wildman–Crippen LogP) is 0.880. The van der Waals surface area contributed by atoms with Crippen molar-refractivity contribution in [1.29, 1.82) is 0 Å². The van der Waals surface area contributed by atoms with Crippen LogP contribution in [0.15, 0.2) is 30.3 Å². The van der Waals surface area contributed by atoms with E-state index in [-0.39, 0.29) is 25.9 Å². The number of rotatable bonds is 3. The molecule has 1 aromatic carbocycles. The molecule has 64 valence electrons. The number of carboxylic acids is 1. The molecule has 0 heterocycles. The largest absolute Gasteiger partial charge is 0.475 e. The molecule has 0 aliphatic heterocycles. The first kappa shape index (κ1) is 12.0. The van der Waals surface area contributed by atoms with Crippen molar-refractivity contribution in [3.05, 3.63) is 35.9 Å². The smallest absolute Gasteiger partial charge is 0.372 e. The van der Waals surface area contributed by atoms with Gasteiger partial charge < -0.3 is 5.11 Å². The Labute approximate surface area is 88.5 Å². The number of hydrogen-bond acceptors (Lipinski definition) is 2. The number of carbonyl (C=O) groups is 2. The van der Waals surface area contributed by atoms with E-state index in [1.807, 2.05) is 6.07 Å². The number of carbonyl (C=O) groups excluding carboxylic acids is 1. The fourth-order valence-corrected chi connectivity index (χ4v) is 0.857. The van der Waals surface area contributed by atoms with Gasteiger partial charge in [-0.1, -0.05) is 30.3 Å². The number of benzene rings is 1. The molecule has 0 unspecified atom stereocenters. The second-order valence-corrected chi connectivity index (χ2v) is 2.39. The van der Waals surface area contributed by atoms with Crippen LogP contribution in [0, 0.1) is 0 Å². The number of ketones is 1. The molecule has 0 amide bonds. The Kier molecular flexibility index (Phi) is 5.16. The Morgan fingerprint density at radius 3 is 2.15 bits per heavy atom. The van der Waals surface area contributed by atoms with E-state index in [4.69, 9.17) is 5.11 Å². The molecule has 0 aliphatic carbocycles. The van der Waals surface area contributed by atoms with Crippen LogP contribution in [0.1, 0.15) is 5.56 Å². The second kappa shape index (κ2) is 5.60. The molecule has 0 aromatic heterocycles. The van der Waals surface area contributed by atoms with Gasteiger partial charge in [0.1, 0.15) is 0 Å². The van der Waals surface area contributed by atoms with E-state index in [9.17, 15) is 9.59 Å². The molecule has 0 aliphatic rings. The maximum Gasteiger partial charge on any atom is 0.372 e. The van der Waals surface area contributed by atoms with E-state index in [1.165, 1.54) is 0 Å². The minimum Gasteiger partial charge on any atom is -0.475 e. The van der Waals surface area contributed by atoms with E-state index in [1.54, 1.807) is 24.3 Å². The molecule has 0 spiro atoms. The van der Waals surface area contributed by atoms with Crippen LogP contribution in [0.3, 0.4) is 0 Å². The van der Waals surface area contributed by atoms with Gasteiger partial charge >= 0.3 is 5.97 Å². The molecule has 13 heavy (non-hydrogen) atoms. The maximum atomic E-state index is 10.7. The first-order valence-corrected chi connectivity index (χ1v) is 3.50. The standard InChI is InChI=1S/C9H8O3.Zn/c10-8(9(11)12)6-7-4-2-1-3-5-7;/h1-5H,6H2,(H,11,12);. The first-order valence-electron chi connectivity index (χ1n) is 3.50. The summed E-state index contributed by atoms with van der Waals surface area (Å²) in [4.78, 5) is 20.9. The van der Waals surface area contributed by atoms with Crippen molar-refractivity contribution in [3.63, 3.8) is 0 Å². The molecule has 0 atom stereocenters. The predicted molar refractivity (Wildman–Crippen MR) is 42.8 cm³/mol. The Hall–Kier alpha value is -1.02. The second-order valence-electron chi connectivity index (χ2n) is 2.39. The zero-order valence-electron chi connectivity index (χ0n) is 7.06. The van der Waals surface area contributed by atoms with Gasteiger partial charge in [0.05, 0.1) is 0 Å². The molecular formula is C9H8O3Zn. The van der Waals surface area contributed by atoms with Gasteiger partial charge in [0.15, 0.2) is 0 Å². The maximum absolute atomic E-state index is 10.7. The number of hydrogen-bond donors (Lipinski definition) is 1. The first-order chi connectivity index (χ1) is 5.70. The third-order valence-corrected chi connectivity index (χ3v) is 1.45. The molecule has 0 bridgehead atoms. The monoisotopic (exact) mass is 228 g/mol. The van der Waals surface area contributed by atoms with Gasteiger partial charge in [-0.3, -0.25) is 4.79 Å². The number of Topliss-reactive ketones (excluding diaryl/α,β-unsaturated/α-hetero) is 1. The van der Waals surface area contributed by atoms with Crippen molar-refractivity contribution in [1.82, 2.24) is 0 Å². The van der Waals surface area contributed by atoms with Gasteiger partial charge in [-0.05, 0) is 5.56 Å². The van der Waals surface area contributed by atoms with E-state index < -0.39 is 11.8 Å². The summed E-state index contributed by atoms with van der Waals surface area (Å²) in [5, 5.41) is 8.29. The molecule has 0 saturated heterocycles. The van der Waals surface area contributed by atoms with Crippen LogP contribution < -0.4 is 0 Å². The van der Waals surface area contributed by atoms with Gasteiger partial charge in [-0.2, -0.15) is 0 Å². The molecule has 1 N–H and O–H groups in total. The minimum atomic E-state index is -1.38. The normalized spacial score (nSPS) is 8.62. The summed E-state index contributed by atoms with van der Waals surface area (Å²) in [6, 6.07) is 8.80. The Morgan fingerprint density at radius 2 is 1.69 bits per heavy atom. The summed E-state index contributed by atoms with van der Waals surface area (Å²) < 4.78 is 0. The van der Waals surface area contributed by atoms with Crippen molar-refractivity contribution in [3.8, 4) is 0 Å². The van der Waals surface area contributed by atoms with Gasteiger partial charge in [-0.15, -0.1) is 0 Å². The summed E-state index contributed by atoms with van der Waals surface area (Å²) in [6.07, 6.45) is -0.0316. The fourth-order valence-electron chi connectivity index (χ4n) is 0.857. The van der Waals surface area contributed by atoms with Crippen LogP contribution in [-0.2, 0) is 35.5 Å².